The minimum Gasteiger partial charge on any atom is -0.326 e. The maximum atomic E-state index is 13.3. The van der Waals surface area contributed by atoms with Crippen LogP contribution in [0.25, 0.3) is 0 Å². The third-order valence-corrected chi connectivity index (χ3v) is 7.27. The molecule has 4 rings (SSSR count). The molecule has 8 nitrogen and oxygen atoms in total. The number of sulfone groups is 1. The molecule has 31 heavy (non-hydrogen) atoms. The summed E-state index contributed by atoms with van der Waals surface area (Å²) in [5.41, 5.74) is 7.71. The first-order valence-electron chi connectivity index (χ1n) is 9.75. The number of nitrogens with two attached hydrogens (primary N) is 1. The number of aromatic nitrogens is 2. The van der Waals surface area contributed by atoms with Crippen LogP contribution in [0.5, 0.6) is 0 Å². The molecule has 3 aromatic rings. The fourth-order valence-electron chi connectivity index (χ4n) is 3.84. The first-order chi connectivity index (χ1) is 14.6. The predicted octanol–water partition coefficient (Wildman–Crippen LogP) is 2.48. The summed E-state index contributed by atoms with van der Waals surface area (Å²) in [4.78, 5) is 26.6. The smallest absolute Gasteiger partial charge is 0.266 e. The van der Waals surface area contributed by atoms with Crippen molar-refractivity contribution in [2.75, 3.05) is 4.90 Å². The fraction of sp³-hybridized carbons (Fsp3) is 0.227. The number of amides is 2. The van der Waals surface area contributed by atoms with Gasteiger partial charge in [0.15, 0.2) is 0 Å². The molecule has 0 fully saturated rings. The standard InChI is InChI=1S/C22H22N4O4S/c1-13(23)12-25-15(3)20(14(2)24-25)31(29,30)17-10-8-16(9-11-17)26-21(27)18-6-4-5-7-19(18)22(26)28/h4-11,13H,12,23H2,1-3H3/t13-/m0/s1. The number of benzene rings is 2. The minimum absolute atomic E-state index is 0.0550. The molecule has 0 unspecified atom stereocenters. The fourth-order valence-corrected chi connectivity index (χ4v) is 5.49. The van der Waals surface area contributed by atoms with E-state index in [9.17, 15) is 18.0 Å². The summed E-state index contributed by atoms with van der Waals surface area (Å²) in [5.74, 6) is -0.861. The van der Waals surface area contributed by atoms with Crippen LogP contribution < -0.4 is 10.6 Å². The Balaban J connectivity index is 1.69. The van der Waals surface area contributed by atoms with E-state index in [4.69, 9.17) is 5.73 Å². The van der Waals surface area contributed by atoms with Crippen LogP contribution in [-0.4, -0.2) is 36.1 Å². The van der Waals surface area contributed by atoms with Crippen LogP contribution in [-0.2, 0) is 16.4 Å². The molecule has 1 atom stereocenters. The van der Waals surface area contributed by atoms with E-state index in [1.165, 1.54) is 24.3 Å². The Morgan fingerprint density at radius 1 is 0.968 bits per heavy atom. The lowest BCUT2D eigenvalue weighted by Gasteiger charge is -2.14. The van der Waals surface area contributed by atoms with Gasteiger partial charge in [-0.2, -0.15) is 5.10 Å². The molecule has 1 aromatic heterocycles. The lowest BCUT2D eigenvalue weighted by Crippen LogP contribution is -2.29. The molecule has 2 aromatic carbocycles. The van der Waals surface area contributed by atoms with Crippen LogP contribution in [0.2, 0.25) is 0 Å². The molecule has 0 saturated carbocycles. The number of fused-ring (bicyclic) bond motifs is 1. The van der Waals surface area contributed by atoms with Gasteiger partial charge < -0.3 is 5.73 Å². The van der Waals surface area contributed by atoms with Crippen molar-refractivity contribution in [1.82, 2.24) is 9.78 Å². The van der Waals surface area contributed by atoms with Crippen molar-refractivity contribution in [2.45, 2.75) is 43.1 Å². The first-order valence-corrected chi connectivity index (χ1v) is 11.2. The summed E-state index contributed by atoms with van der Waals surface area (Å²) in [6.45, 7) is 5.57. The molecule has 1 aliphatic heterocycles. The van der Waals surface area contributed by atoms with Crippen LogP contribution in [0.15, 0.2) is 58.3 Å². The molecule has 2 heterocycles. The highest BCUT2D eigenvalue weighted by Crippen LogP contribution is 2.31. The molecule has 1 aliphatic rings. The molecule has 0 spiro atoms. The van der Waals surface area contributed by atoms with Gasteiger partial charge in [0.2, 0.25) is 9.84 Å². The van der Waals surface area contributed by atoms with Crippen LogP contribution in [0, 0.1) is 13.8 Å². The number of hydrogen-bond donors (Lipinski definition) is 1. The van der Waals surface area contributed by atoms with Crippen LogP contribution in [0.4, 0.5) is 5.69 Å². The van der Waals surface area contributed by atoms with E-state index in [2.05, 4.69) is 5.10 Å². The maximum absolute atomic E-state index is 13.3. The molecule has 0 aliphatic carbocycles. The number of aryl methyl sites for hydroxylation is 1. The van der Waals surface area contributed by atoms with Gasteiger partial charge in [-0.3, -0.25) is 14.3 Å². The second-order valence-electron chi connectivity index (χ2n) is 7.65. The van der Waals surface area contributed by atoms with Gasteiger partial charge in [0, 0.05) is 6.04 Å². The van der Waals surface area contributed by atoms with E-state index in [0.717, 1.165) is 4.90 Å². The number of hydrogen-bond acceptors (Lipinski definition) is 6. The van der Waals surface area contributed by atoms with Gasteiger partial charge in [0.1, 0.15) is 4.90 Å². The Morgan fingerprint density at radius 3 is 2.03 bits per heavy atom. The van der Waals surface area contributed by atoms with Gasteiger partial charge in [0.25, 0.3) is 11.8 Å². The Labute approximate surface area is 180 Å². The van der Waals surface area contributed by atoms with E-state index in [1.807, 2.05) is 6.92 Å². The molecular formula is C22H22N4O4S. The predicted molar refractivity (Wildman–Crippen MR) is 115 cm³/mol. The van der Waals surface area contributed by atoms with Gasteiger partial charge >= 0.3 is 0 Å². The molecule has 160 valence electrons. The lowest BCUT2D eigenvalue weighted by atomic mass is 10.1. The van der Waals surface area contributed by atoms with Crippen molar-refractivity contribution < 1.29 is 18.0 Å². The van der Waals surface area contributed by atoms with Crippen molar-refractivity contribution in [3.05, 3.63) is 71.0 Å². The van der Waals surface area contributed by atoms with Crippen molar-refractivity contribution in [3.63, 3.8) is 0 Å². The zero-order chi connectivity index (χ0) is 22.5. The van der Waals surface area contributed by atoms with E-state index >= 15 is 0 Å². The van der Waals surface area contributed by atoms with Gasteiger partial charge in [0.05, 0.1) is 39.6 Å². The van der Waals surface area contributed by atoms with Gasteiger partial charge in [-0.05, 0) is 57.2 Å². The molecule has 0 saturated heterocycles. The molecule has 0 radical (unpaired) electrons. The number of rotatable bonds is 5. The van der Waals surface area contributed by atoms with E-state index < -0.39 is 21.7 Å². The number of imide groups is 1. The number of carbonyl (C=O) groups excluding carboxylic acids is 2. The number of carbonyl (C=O) groups is 2. The third-order valence-electron chi connectivity index (χ3n) is 5.24. The number of anilines is 1. The summed E-state index contributed by atoms with van der Waals surface area (Å²) in [5, 5.41) is 4.33. The average Bonchev–Trinajstić information content (AvgIpc) is 3.14. The van der Waals surface area contributed by atoms with Gasteiger partial charge in [-0.25, -0.2) is 13.3 Å². The largest absolute Gasteiger partial charge is 0.326 e. The Hall–Kier alpha value is -3.30. The zero-order valence-electron chi connectivity index (χ0n) is 17.4. The normalized spacial score (nSPS) is 14.8. The minimum atomic E-state index is -3.85. The summed E-state index contributed by atoms with van der Waals surface area (Å²) >= 11 is 0. The van der Waals surface area contributed by atoms with E-state index in [-0.39, 0.29) is 15.8 Å². The van der Waals surface area contributed by atoms with Crippen LogP contribution in [0.3, 0.4) is 0 Å². The summed E-state index contributed by atoms with van der Waals surface area (Å²) in [6, 6.07) is 12.1. The monoisotopic (exact) mass is 438 g/mol. The Morgan fingerprint density at radius 2 is 1.52 bits per heavy atom. The Bertz CT molecular complexity index is 1270. The quantitative estimate of drug-likeness (QED) is 0.612. The third kappa shape index (κ3) is 3.35. The highest BCUT2D eigenvalue weighted by molar-refractivity contribution is 7.91. The SMILES string of the molecule is Cc1nn(C[C@H](C)N)c(C)c1S(=O)(=O)c1ccc(N2C(=O)c3ccccc3C2=O)cc1. The summed E-state index contributed by atoms with van der Waals surface area (Å²) < 4.78 is 28.2. The van der Waals surface area contributed by atoms with Crippen molar-refractivity contribution in [1.29, 1.82) is 0 Å². The highest BCUT2D eigenvalue weighted by Gasteiger charge is 2.36. The van der Waals surface area contributed by atoms with Gasteiger partial charge in [-0.15, -0.1) is 0 Å². The second kappa shape index (κ2) is 7.44. The summed E-state index contributed by atoms with van der Waals surface area (Å²) in [7, 11) is -3.85. The number of nitrogens with zero attached hydrogens (tertiary/aromatic N) is 3. The van der Waals surface area contributed by atoms with Crippen molar-refractivity contribution in [3.8, 4) is 0 Å². The van der Waals surface area contributed by atoms with Crippen molar-refractivity contribution in [2.24, 2.45) is 5.73 Å². The molecule has 0 bridgehead atoms. The van der Waals surface area contributed by atoms with Crippen LogP contribution >= 0.6 is 0 Å². The molecule has 2 N–H and O–H groups in total. The molecule has 9 heteroatoms. The van der Waals surface area contributed by atoms with Crippen LogP contribution in [0.1, 0.15) is 39.0 Å². The lowest BCUT2D eigenvalue weighted by molar-refractivity contribution is 0.0926. The molecular weight excluding hydrogens is 416 g/mol. The highest BCUT2D eigenvalue weighted by atomic mass is 32.2. The zero-order valence-corrected chi connectivity index (χ0v) is 18.2. The maximum Gasteiger partial charge on any atom is 0.266 e. The van der Waals surface area contributed by atoms with Crippen molar-refractivity contribution >= 4 is 27.3 Å². The second-order valence-corrected chi connectivity index (χ2v) is 9.53. The van der Waals surface area contributed by atoms with Gasteiger partial charge in [-0.1, -0.05) is 12.1 Å². The average molecular weight is 439 g/mol. The van der Waals surface area contributed by atoms with E-state index in [1.54, 1.807) is 42.8 Å². The summed E-state index contributed by atoms with van der Waals surface area (Å²) in [6.07, 6.45) is 0. The Kier molecular flexibility index (Phi) is 5.03. The van der Waals surface area contributed by atoms with E-state index in [0.29, 0.717) is 34.7 Å². The topological polar surface area (TPSA) is 115 Å². The first kappa shape index (κ1) is 21.0. The molecule has 2 amide bonds.